The van der Waals surface area contributed by atoms with E-state index in [1.165, 1.54) is 29.2 Å². The van der Waals surface area contributed by atoms with E-state index in [-0.39, 0.29) is 34.9 Å². The Kier molecular flexibility index (Phi) is 4.20. The first-order valence-electron chi connectivity index (χ1n) is 10.1. The van der Waals surface area contributed by atoms with Crippen LogP contribution in [0, 0.1) is 23.7 Å². The number of carboxylic acids is 1. The van der Waals surface area contributed by atoms with Crippen LogP contribution in [-0.4, -0.2) is 28.8 Å². The minimum atomic E-state index is -1.13. The number of carbonyl (C=O) groups excluding carboxylic acids is 3. The number of hydrogen-bond acceptors (Lipinski definition) is 4. The van der Waals surface area contributed by atoms with E-state index < -0.39 is 11.9 Å². The zero-order chi connectivity index (χ0) is 21.0. The highest BCUT2D eigenvalue weighted by Gasteiger charge is 2.61. The maximum Gasteiger partial charge on any atom is 0.337 e. The van der Waals surface area contributed by atoms with Crippen LogP contribution in [0.25, 0.3) is 0 Å². The number of amides is 3. The van der Waals surface area contributed by atoms with Crippen molar-refractivity contribution in [2.75, 3.05) is 10.2 Å². The van der Waals surface area contributed by atoms with Crippen molar-refractivity contribution < 1.29 is 24.3 Å². The number of benzene rings is 2. The highest BCUT2D eigenvalue weighted by Crippen LogP contribution is 2.56. The fourth-order valence-corrected chi connectivity index (χ4v) is 5.40. The van der Waals surface area contributed by atoms with Gasteiger partial charge in [0.25, 0.3) is 5.91 Å². The smallest absolute Gasteiger partial charge is 0.337 e. The molecule has 0 radical (unpaired) electrons. The van der Waals surface area contributed by atoms with Gasteiger partial charge in [0.2, 0.25) is 11.8 Å². The summed E-state index contributed by atoms with van der Waals surface area (Å²) in [7, 11) is 0. The first kappa shape index (κ1) is 18.5. The fraction of sp³-hybridized carbons (Fsp3) is 0.304. The van der Waals surface area contributed by atoms with Gasteiger partial charge in [-0.15, -0.1) is 0 Å². The standard InChI is InChI=1S/C23H20N2O5/c26-20(24-17-4-2-1-3-16(17)23(29)30)12-7-9-15(10-8-12)25-21(27)18-13-5-6-14(11-13)19(18)22(25)28/h1-4,7-10,13-14,18-19H,5-6,11H2,(H,24,26)(H,29,30)/t13-,14-,18-,19-/m0/s1. The second-order valence-corrected chi connectivity index (χ2v) is 8.25. The molecule has 2 aliphatic carbocycles. The zero-order valence-electron chi connectivity index (χ0n) is 16.1. The van der Waals surface area contributed by atoms with E-state index in [0.717, 1.165) is 19.3 Å². The molecule has 2 bridgehead atoms. The number of imide groups is 1. The van der Waals surface area contributed by atoms with E-state index in [0.29, 0.717) is 23.1 Å². The lowest BCUT2D eigenvalue weighted by Gasteiger charge is -2.19. The van der Waals surface area contributed by atoms with Gasteiger partial charge in [-0.25, -0.2) is 4.79 Å². The molecule has 2 aromatic rings. The van der Waals surface area contributed by atoms with E-state index in [2.05, 4.69) is 5.32 Å². The summed E-state index contributed by atoms with van der Waals surface area (Å²) in [6.07, 6.45) is 3.03. The van der Waals surface area contributed by atoms with E-state index in [1.807, 2.05) is 0 Å². The number of hydrogen-bond donors (Lipinski definition) is 2. The Hall–Kier alpha value is -3.48. The van der Waals surface area contributed by atoms with Crippen molar-refractivity contribution in [3.8, 4) is 0 Å². The Morgan fingerprint density at radius 1 is 0.900 bits per heavy atom. The van der Waals surface area contributed by atoms with Gasteiger partial charge in [-0.3, -0.25) is 19.3 Å². The molecule has 5 rings (SSSR count). The molecule has 3 fully saturated rings. The topological polar surface area (TPSA) is 104 Å². The van der Waals surface area contributed by atoms with Gasteiger partial charge in [-0.05, 0) is 67.5 Å². The van der Waals surface area contributed by atoms with Crippen molar-refractivity contribution in [3.63, 3.8) is 0 Å². The zero-order valence-corrected chi connectivity index (χ0v) is 16.1. The van der Waals surface area contributed by atoms with Crippen LogP contribution in [0.15, 0.2) is 48.5 Å². The first-order chi connectivity index (χ1) is 14.5. The third kappa shape index (κ3) is 2.73. The van der Waals surface area contributed by atoms with Gasteiger partial charge in [0.15, 0.2) is 0 Å². The number of rotatable bonds is 4. The molecule has 7 heteroatoms. The average molecular weight is 404 g/mol. The van der Waals surface area contributed by atoms with Crippen LogP contribution in [0.4, 0.5) is 11.4 Å². The van der Waals surface area contributed by atoms with Gasteiger partial charge in [0.05, 0.1) is 28.8 Å². The fourth-order valence-electron chi connectivity index (χ4n) is 5.40. The number of fused-ring (bicyclic) bond motifs is 5. The Bertz CT molecular complexity index is 1050. The summed E-state index contributed by atoms with van der Waals surface area (Å²) in [5, 5.41) is 11.8. The molecule has 0 unspecified atom stereocenters. The number of carbonyl (C=O) groups is 4. The van der Waals surface area contributed by atoms with Gasteiger partial charge >= 0.3 is 5.97 Å². The summed E-state index contributed by atoms with van der Waals surface area (Å²) in [6, 6.07) is 12.4. The van der Waals surface area contributed by atoms with Crippen molar-refractivity contribution in [3.05, 3.63) is 59.7 Å². The van der Waals surface area contributed by atoms with Crippen molar-refractivity contribution in [1.29, 1.82) is 0 Å². The van der Waals surface area contributed by atoms with Crippen molar-refractivity contribution in [1.82, 2.24) is 0 Å². The molecule has 152 valence electrons. The molecule has 0 aromatic heterocycles. The van der Waals surface area contributed by atoms with Crippen molar-refractivity contribution >= 4 is 35.1 Å². The molecule has 0 spiro atoms. The number of nitrogens with one attached hydrogen (secondary N) is 1. The third-order valence-electron chi connectivity index (χ3n) is 6.72. The Labute approximate surface area is 172 Å². The number of para-hydroxylation sites is 1. The molecule has 1 heterocycles. The van der Waals surface area contributed by atoms with Crippen LogP contribution in [-0.2, 0) is 9.59 Å². The van der Waals surface area contributed by atoms with E-state index in [1.54, 1.807) is 24.3 Å². The van der Waals surface area contributed by atoms with Crippen LogP contribution in [0.1, 0.15) is 40.0 Å². The maximum atomic E-state index is 12.9. The lowest BCUT2D eigenvalue weighted by atomic mass is 9.81. The second kappa shape index (κ2) is 6.79. The molecule has 7 nitrogen and oxygen atoms in total. The highest BCUT2D eigenvalue weighted by atomic mass is 16.4. The normalized spacial score (nSPS) is 26.7. The molecule has 3 aliphatic rings. The number of carboxylic acid groups (broad SMARTS) is 1. The molecule has 2 saturated carbocycles. The molecule has 30 heavy (non-hydrogen) atoms. The SMILES string of the molecule is O=C(Nc1ccccc1C(=O)O)c1ccc(N2C(=O)[C@H]3[C@H]4CC[C@@H](C4)[C@@H]3C2=O)cc1. The molecule has 1 aliphatic heterocycles. The quantitative estimate of drug-likeness (QED) is 0.762. The summed E-state index contributed by atoms with van der Waals surface area (Å²) in [5.74, 6) is -1.58. The van der Waals surface area contributed by atoms with E-state index in [4.69, 9.17) is 0 Å². The summed E-state index contributed by atoms with van der Waals surface area (Å²) in [4.78, 5) is 51.0. The monoisotopic (exact) mass is 404 g/mol. The lowest BCUT2D eigenvalue weighted by Crippen LogP contribution is -2.32. The predicted octanol–water partition coefficient (Wildman–Crippen LogP) is 3.17. The maximum absolute atomic E-state index is 12.9. The van der Waals surface area contributed by atoms with Crippen LogP contribution in [0.2, 0.25) is 0 Å². The number of nitrogens with zero attached hydrogens (tertiary/aromatic N) is 1. The molecule has 3 amide bonds. The second-order valence-electron chi connectivity index (χ2n) is 8.25. The summed E-state index contributed by atoms with van der Waals surface area (Å²) in [5.41, 5.74) is 0.976. The third-order valence-corrected chi connectivity index (χ3v) is 6.72. The highest BCUT2D eigenvalue weighted by molar-refractivity contribution is 6.22. The first-order valence-corrected chi connectivity index (χ1v) is 10.1. The van der Waals surface area contributed by atoms with Gasteiger partial charge in [0, 0.05) is 5.56 Å². The molecular formula is C23H20N2O5. The minimum absolute atomic E-state index is 0.00287. The molecule has 2 aromatic carbocycles. The van der Waals surface area contributed by atoms with Crippen molar-refractivity contribution in [2.45, 2.75) is 19.3 Å². The van der Waals surface area contributed by atoms with Crippen LogP contribution in [0.3, 0.4) is 0 Å². The predicted molar refractivity (Wildman–Crippen MR) is 108 cm³/mol. The van der Waals surface area contributed by atoms with Crippen molar-refractivity contribution in [2.24, 2.45) is 23.7 Å². The van der Waals surface area contributed by atoms with Gasteiger partial charge in [-0.2, -0.15) is 0 Å². The Morgan fingerprint density at radius 3 is 2.10 bits per heavy atom. The van der Waals surface area contributed by atoms with E-state index >= 15 is 0 Å². The summed E-state index contributed by atoms with van der Waals surface area (Å²) >= 11 is 0. The summed E-state index contributed by atoms with van der Waals surface area (Å²) in [6.45, 7) is 0. The molecular weight excluding hydrogens is 384 g/mol. The minimum Gasteiger partial charge on any atom is -0.478 e. The van der Waals surface area contributed by atoms with Gasteiger partial charge < -0.3 is 10.4 Å². The average Bonchev–Trinajstić information content (AvgIpc) is 3.42. The number of aromatic carboxylic acids is 1. The van der Waals surface area contributed by atoms with E-state index in [9.17, 15) is 24.3 Å². The lowest BCUT2D eigenvalue weighted by molar-refractivity contribution is -0.123. The van der Waals surface area contributed by atoms with Crippen LogP contribution in [0.5, 0.6) is 0 Å². The molecule has 2 N–H and O–H groups in total. The molecule has 1 saturated heterocycles. The van der Waals surface area contributed by atoms with Crippen LogP contribution < -0.4 is 10.2 Å². The Balaban J connectivity index is 1.35. The largest absolute Gasteiger partial charge is 0.478 e. The Morgan fingerprint density at radius 2 is 1.50 bits per heavy atom. The number of anilines is 2. The van der Waals surface area contributed by atoms with Gasteiger partial charge in [0.1, 0.15) is 0 Å². The summed E-state index contributed by atoms with van der Waals surface area (Å²) < 4.78 is 0. The van der Waals surface area contributed by atoms with Crippen LogP contribution >= 0.6 is 0 Å². The molecule has 4 atom stereocenters. The van der Waals surface area contributed by atoms with Gasteiger partial charge in [-0.1, -0.05) is 12.1 Å².